The minimum absolute atomic E-state index is 0.148. The van der Waals surface area contributed by atoms with Gasteiger partial charge in [0.1, 0.15) is 11.7 Å². The minimum atomic E-state index is -0.151. The molecular weight excluding hydrogens is 374 g/mol. The van der Waals surface area contributed by atoms with E-state index in [0.717, 1.165) is 13.0 Å². The lowest BCUT2D eigenvalue weighted by molar-refractivity contribution is 0.0767. The number of carbonyl (C=O) groups is 1. The molecule has 0 aliphatic carbocycles. The van der Waals surface area contributed by atoms with Crippen LogP contribution >= 0.6 is 0 Å². The van der Waals surface area contributed by atoms with Crippen molar-refractivity contribution in [3.63, 3.8) is 0 Å². The van der Waals surface area contributed by atoms with Crippen LogP contribution in [-0.4, -0.2) is 72.8 Å². The summed E-state index contributed by atoms with van der Waals surface area (Å²) in [5, 5.41) is 0. The van der Waals surface area contributed by atoms with Crippen LogP contribution in [-0.2, 0) is 0 Å². The molecule has 0 bridgehead atoms. The number of hydrogen-bond acceptors (Lipinski definition) is 8. The Balaban J connectivity index is 1.69. The van der Waals surface area contributed by atoms with E-state index in [1.807, 2.05) is 11.9 Å². The molecular formula is C20H27N5O4. The van der Waals surface area contributed by atoms with Crippen molar-refractivity contribution in [1.29, 1.82) is 0 Å². The Morgan fingerprint density at radius 1 is 1.21 bits per heavy atom. The van der Waals surface area contributed by atoms with Crippen LogP contribution in [0.15, 0.2) is 24.5 Å². The van der Waals surface area contributed by atoms with E-state index in [-0.39, 0.29) is 17.9 Å². The number of nitrogens with zero attached hydrogens (tertiary/aromatic N) is 5. The van der Waals surface area contributed by atoms with Gasteiger partial charge in [-0.25, -0.2) is 9.97 Å². The highest BCUT2D eigenvalue weighted by molar-refractivity contribution is 5.96. The molecule has 3 rings (SSSR count). The minimum Gasteiger partial charge on any atom is -0.481 e. The van der Waals surface area contributed by atoms with Gasteiger partial charge in [-0.1, -0.05) is 6.92 Å². The number of ether oxygens (including phenoxy) is 3. The standard InChI is InChI=1S/C20H27N5O4/c1-5-11-24(2)17-19(22-10-9-21-17)29-14-8-12-25(13-14)20(26)15-6-7-16(27-3)23-18(15)28-4/h6-7,9-10,14H,5,8,11-13H2,1-4H3. The average Bonchev–Trinajstić information content (AvgIpc) is 3.21. The first kappa shape index (κ1) is 20.6. The van der Waals surface area contributed by atoms with Crippen molar-refractivity contribution in [2.24, 2.45) is 0 Å². The fourth-order valence-electron chi connectivity index (χ4n) is 3.30. The maximum Gasteiger partial charge on any atom is 0.259 e. The molecule has 1 aliphatic rings. The molecule has 0 aromatic carbocycles. The molecule has 9 nitrogen and oxygen atoms in total. The van der Waals surface area contributed by atoms with Crippen molar-refractivity contribution in [2.45, 2.75) is 25.9 Å². The zero-order valence-electron chi connectivity index (χ0n) is 17.3. The monoisotopic (exact) mass is 401 g/mol. The summed E-state index contributed by atoms with van der Waals surface area (Å²) in [4.78, 5) is 29.7. The zero-order valence-corrected chi connectivity index (χ0v) is 17.3. The number of aromatic nitrogens is 3. The predicted molar refractivity (Wildman–Crippen MR) is 108 cm³/mol. The van der Waals surface area contributed by atoms with Gasteiger partial charge in [-0.3, -0.25) is 4.79 Å². The van der Waals surface area contributed by atoms with Gasteiger partial charge in [0.2, 0.25) is 11.8 Å². The summed E-state index contributed by atoms with van der Waals surface area (Å²) in [5.41, 5.74) is 0.400. The van der Waals surface area contributed by atoms with Gasteiger partial charge in [-0.15, -0.1) is 0 Å². The van der Waals surface area contributed by atoms with Crippen molar-refractivity contribution in [2.75, 3.05) is 45.8 Å². The summed E-state index contributed by atoms with van der Waals surface area (Å²) in [6, 6.07) is 3.32. The number of hydrogen-bond donors (Lipinski definition) is 0. The van der Waals surface area contributed by atoms with Crippen LogP contribution in [0.4, 0.5) is 5.82 Å². The number of likely N-dealkylation sites (tertiary alicyclic amines) is 1. The van der Waals surface area contributed by atoms with Crippen molar-refractivity contribution in [3.05, 3.63) is 30.1 Å². The van der Waals surface area contributed by atoms with Crippen molar-refractivity contribution in [1.82, 2.24) is 19.9 Å². The Kier molecular flexibility index (Phi) is 6.69. The van der Waals surface area contributed by atoms with Gasteiger partial charge in [0.05, 0.1) is 20.8 Å². The van der Waals surface area contributed by atoms with Crippen molar-refractivity contribution >= 4 is 11.7 Å². The van der Waals surface area contributed by atoms with Gasteiger partial charge in [0.25, 0.3) is 11.8 Å². The lowest BCUT2D eigenvalue weighted by Crippen LogP contribution is -2.31. The summed E-state index contributed by atoms with van der Waals surface area (Å²) in [6.07, 6.45) is 4.83. The Morgan fingerprint density at radius 2 is 2.00 bits per heavy atom. The van der Waals surface area contributed by atoms with Gasteiger partial charge in [-0.2, -0.15) is 4.98 Å². The van der Waals surface area contributed by atoms with E-state index in [0.29, 0.717) is 42.7 Å². The van der Waals surface area contributed by atoms with Gasteiger partial charge in [-0.05, 0) is 12.5 Å². The molecule has 1 aliphatic heterocycles. The Labute approximate surface area is 170 Å². The highest BCUT2D eigenvalue weighted by atomic mass is 16.5. The largest absolute Gasteiger partial charge is 0.481 e. The van der Waals surface area contributed by atoms with Crippen molar-refractivity contribution < 1.29 is 19.0 Å². The molecule has 1 unspecified atom stereocenters. The zero-order chi connectivity index (χ0) is 20.8. The molecule has 3 heterocycles. The van der Waals surface area contributed by atoms with E-state index >= 15 is 0 Å². The third-order valence-electron chi connectivity index (χ3n) is 4.75. The molecule has 0 radical (unpaired) electrons. The van der Waals surface area contributed by atoms with Crippen LogP contribution in [0, 0.1) is 0 Å². The topological polar surface area (TPSA) is 89.9 Å². The smallest absolute Gasteiger partial charge is 0.259 e. The summed E-state index contributed by atoms with van der Waals surface area (Å²) in [7, 11) is 4.97. The van der Waals surface area contributed by atoms with Gasteiger partial charge < -0.3 is 24.0 Å². The van der Waals surface area contributed by atoms with E-state index in [1.165, 1.54) is 14.2 Å². The average molecular weight is 401 g/mol. The third-order valence-corrected chi connectivity index (χ3v) is 4.75. The molecule has 2 aromatic heterocycles. The SMILES string of the molecule is CCCN(C)c1nccnc1OC1CCN(C(=O)c2ccc(OC)nc2OC)C1. The molecule has 2 aromatic rings. The molecule has 1 amide bonds. The second-order valence-electron chi connectivity index (χ2n) is 6.80. The van der Waals surface area contributed by atoms with E-state index in [2.05, 4.69) is 21.9 Å². The van der Waals surface area contributed by atoms with Gasteiger partial charge in [0, 0.05) is 45.0 Å². The maximum atomic E-state index is 13.0. The fraction of sp³-hybridized carbons (Fsp3) is 0.500. The molecule has 156 valence electrons. The maximum absolute atomic E-state index is 13.0. The number of methoxy groups -OCH3 is 2. The van der Waals surface area contributed by atoms with Crippen LogP contribution in [0.5, 0.6) is 17.6 Å². The van der Waals surface area contributed by atoms with Gasteiger partial charge in [0.15, 0.2) is 5.82 Å². The molecule has 0 spiro atoms. The Hall–Kier alpha value is -3.10. The first-order valence-corrected chi connectivity index (χ1v) is 9.64. The van der Waals surface area contributed by atoms with Crippen LogP contribution in [0.3, 0.4) is 0 Å². The lowest BCUT2D eigenvalue weighted by atomic mass is 10.2. The number of amides is 1. The van der Waals surface area contributed by atoms with E-state index in [1.54, 1.807) is 29.4 Å². The highest BCUT2D eigenvalue weighted by Gasteiger charge is 2.31. The Morgan fingerprint density at radius 3 is 2.72 bits per heavy atom. The molecule has 29 heavy (non-hydrogen) atoms. The predicted octanol–water partition coefficient (Wildman–Crippen LogP) is 2.03. The Bertz CT molecular complexity index is 847. The number of anilines is 1. The highest BCUT2D eigenvalue weighted by Crippen LogP contribution is 2.27. The molecule has 1 atom stereocenters. The second kappa shape index (κ2) is 9.40. The summed E-state index contributed by atoms with van der Waals surface area (Å²) in [6.45, 7) is 4.01. The third kappa shape index (κ3) is 4.67. The van der Waals surface area contributed by atoms with Crippen LogP contribution < -0.4 is 19.1 Å². The summed E-state index contributed by atoms with van der Waals surface area (Å²) < 4.78 is 16.5. The molecule has 1 fully saturated rings. The van der Waals surface area contributed by atoms with Crippen molar-refractivity contribution in [3.8, 4) is 17.6 Å². The number of carbonyl (C=O) groups excluding carboxylic acids is 1. The van der Waals surface area contributed by atoms with E-state index in [9.17, 15) is 4.79 Å². The number of rotatable bonds is 8. The van der Waals surface area contributed by atoms with Crippen LogP contribution in [0.2, 0.25) is 0 Å². The van der Waals surface area contributed by atoms with Crippen LogP contribution in [0.1, 0.15) is 30.1 Å². The summed E-state index contributed by atoms with van der Waals surface area (Å²) in [5.74, 6) is 1.70. The first-order valence-electron chi connectivity index (χ1n) is 9.64. The lowest BCUT2D eigenvalue weighted by Gasteiger charge is -2.22. The van der Waals surface area contributed by atoms with E-state index < -0.39 is 0 Å². The molecule has 1 saturated heterocycles. The molecule has 0 N–H and O–H groups in total. The molecule has 9 heteroatoms. The van der Waals surface area contributed by atoms with E-state index in [4.69, 9.17) is 14.2 Å². The molecule has 0 saturated carbocycles. The summed E-state index contributed by atoms with van der Waals surface area (Å²) >= 11 is 0. The normalized spacial score (nSPS) is 15.9. The number of pyridine rings is 1. The first-order chi connectivity index (χ1) is 14.1. The second-order valence-corrected chi connectivity index (χ2v) is 6.80. The van der Waals surface area contributed by atoms with Gasteiger partial charge >= 0.3 is 0 Å². The quantitative estimate of drug-likeness (QED) is 0.664. The fourth-order valence-corrected chi connectivity index (χ4v) is 3.30. The van der Waals surface area contributed by atoms with Crippen LogP contribution in [0.25, 0.3) is 0 Å².